The highest BCUT2D eigenvalue weighted by molar-refractivity contribution is 14.0. The fourth-order valence-electron chi connectivity index (χ4n) is 1.65. The standard InChI is InChI=1S/C15H25N3O2.HI/c1-4-5-10-17-15(16)18-11-12(2)20-14-9-7-6-8-13(14)19-3;/h6-9,12H,4-5,10-11H2,1-3H3,(H3,16,17,18);1H. The van der Waals surface area contributed by atoms with Gasteiger partial charge in [0.2, 0.25) is 0 Å². The zero-order chi connectivity index (χ0) is 14.8. The molecule has 0 heterocycles. The Kier molecular flexibility index (Phi) is 10.8. The van der Waals surface area contributed by atoms with Crippen LogP contribution in [0.25, 0.3) is 0 Å². The number of hydrogen-bond donors (Lipinski definition) is 2. The molecule has 0 fully saturated rings. The lowest BCUT2D eigenvalue weighted by Gasteiger charge is -2.15. The van der Waals surface area contributed by atoms with Crippen molar-refractivity contribution in [1.82, 2.24) is 5.32 Å². The third-order valence-electron chi connectivity index (χ3n) is 2.75. The van der Waals surface area contributed by atoms with Gasteiger partial charge in [-0.1, -0.05) is 25.5 Å². The number of benzene rings is 1. The number of methoxy groups -OCH3 is 1. The van der Waals surface area contributed by atoms with E-state index < -0.39 is 0 Å². The summed E-state index contributed by atoms with van der Waals surface area (Å²) in [4.78, 5) is 4.27. The number of unbranched alkanes of at least 4 members (excludes halogenated alkanes) is 1. The number of guanidine groups is 1. The summed E-state index contributed by atoms with van der Waals surface area (Å²) < 4.78 is 11.0. The molecule has 1 atom stereocenters. The Bertz CT molecular complexity index is 427. The third kappa shape index (κ3) is 7.99. The molecule has 0 aliphatic heterocycles. The average molecular weight is 407 g/mol. The Morgan fingerprint density at radius 2 is 2.00 bits per heavy atom. The Balaban J connectivity index is 0.00000400. The van der Waals surface area contributed by atoms with E-state index in [0.29, 0.717) is 12.5 Å². The van der Waals surface area contributed by atoms with E-state index in [1.54, 1.807) is 7.11 Å². The molecule has 0 saturated heterocycles. The first-order valence-electron chi connectivity index (χ1n) is 7.00. The van der Waals surface area contributed by atoms with E-state index >= 15 is 0 Å². The van der Waals surface area contributed by atoms with Gasteiger partial charge in [0.15, 0.2) is 17.5 Å². The lowest BCUT2D eigenvalue weighted by atomic mass is 10.3. The summed E-state index contributed by atoms with van der Waals surface area (Å²) in [5.41, 5.74) is 5.77. The number of halogens is 1. The highest BCUT2D eigenvalue weighted by Crippen LogP contribution is 2.26. The van der Waals surface area contributed by atoms with Crippen LogP contribution in [-0.2, 0) is 0 Å². The van der Waals surface area contributed by atoms with Gasteiger partial charge in [-0.15, -0.1) is 24.0 Å². The van der Waals surface area contributed by atoms with Crippen LogP contribution >= 0.6 is 24.0 Å². The van der Waals surface area contributed by atoms with Gasteiger partial charge in [0.25, 0.3) is 0 Å². The topological polar surface area (TPSA) is 68.9 Å². The molecule has 1 aromatic rings. The molecule has 0 aliphatic rings. The minimum atomic E-state index is -0.0715. The Morgan fingerprint density at radius 1 is 1.33 bits per heavy atom. The molecule has 0 aliphatic carbocycles. The summed E-state index contributed by atoms with van der Waals surface area (Å²) in [7, 11) is 1.63. The molecule has 0 bridgehead atoms. The molecule has 3 N–H and O–H groups in total. The molecule has 0 radical (unpaired) electrons. The fourth-order valence-corrected chi connectivity index (χ4v) is 1.65. The summed E-state index contributed by atoms with van der Waals surface area (Å²) in [6.07, 6.45) is 2.15. The maximum atomic E-state index is 5.80. The van der Waals surface area contributed by atoms with Crippen LogP contribution in [0.3, 0.4) is 0 Å². The first-order chi connectivity index (χ1) is 9.67. The molecule has 21 heavy (non-hydrogen) atoms. The van der Waals surface area contributed by atoms with Crippen LogP contribution in [-0.4, -0.2) is 32.3 Å². The van der Waals surface area contributed by atoms with E-state index in [1.807, 2.05) is 31.2 Å². The van der Waals surface area contributed by atoms with Gasteiger partial charge in [0.1, 0.15) is 6.10 Å². The second kappa shape index (κ2) is 11.5. The number of hydrogen-bond acceptors (Lipinski definition) is 3. The summed E-state index contributed by atoms with van der Waals surface area (Å²) >= 11 is 0. The molecule has 0 amide bonds. The zero-order valence-corrected chi connectivity index (χ0v) is 15.3. The van der Waals surface area contributed by atoms with Crippen LogP contribution < -0.4 is 20.5 Å². The first kappa shape index (κ1) is 19.8. The Hall–Kier alpha value is -1.18. The van der Waals surface area contributed by atoms with Gasteiger partial charge >= 0.3 is 0 Å². The maximum absolute atomic E-state index is 5.80. The van der Waals surface area contributed by atoms with E-state index in [2.05, 4.69) is 17.2 Å². The van der Waals surface area contributed by atoms with Crippen molar-refractivity contribution < 1.29 is 9.47 Å². The molecular weight excluding hydrogens is 381 g/mol. The van der Waals surface area contributed by atoms with E-state index in [1.165, 1.54) is 0 Å². The largest absolute Gasteiger partial charge is 0.493 e. The normalized spacial score (nSPS) is 12.2. The minimum Gasteiger partial charge on any atom is -0.493 e. The van der Waals surface area contributed by atoms with Crippen LogP contribution in [0.5, 0.6) is 11.5 Å². The molecule has 1 unspecified atom stereocenters. The highest BCUT2D eigenvalue weighted by atomic mass is 127. The Labute approximate surface area is 144 Å². The van der Waals surface area contributed by atoms with Gasteiger partial charge in [-0.2, -0.15) is 0 Å². The van der Waals surface area contributed by atoms with Crippen molar-refractivity contribution >= 4 is 29.9 Å². The van der Waals surface area contributed by atoms with Gasteiger partial charge < -0.3 is 20.5 Å². The number of aliphatic imine (C=N–C) groups is 1. The van der Waals surface area contributed by atoms with Crippen molar-refractivity contribution in [3.63, 3.8) is 0 Å². The highest BCUT2D eigenvalue weighted by Gasteiger charge is 2.07. The lowest BCUT2D eigenvalue weighted by molar-refractivity contribution is 0.219. The quantitative estimate of drug-likeness (QED) is 0.301. The predicted octanol–water partition coefficient (Wildman–Crippen LogP) is 2.78. The van der Waals surface area contributed by atoms with Crippen molar-refractivity contribution in [3.8, 4) is 11.5 Å². The van der Waals surface area contributed by atoms with Gasteiger partial charge in [-0.05, 0) is 25.5 Å². The molecule has 1 rings (SSSR count). The average Bonchev–Trinajstić information content (AvgIpc) is 2.46. The van der Waals surface area contributed by atoms with Gasteiger partial charge in [0.05, 0.1) is 13.7 Å². The van der Waals surface area contributed by atoms with E-state index in [-0.39, 0.29) is 30.1 Å². The molecule has 6 heteroatoms. The molecule has 5 nitrogen and oxygen atoms in total. The number of para-hydroxylation sites is 2. The number of nitrogens with zero attached hydrogens (tertiary/aromatic N) is 1. The van der Waals surface area contributed by atoms with Gasteiger partial charge in [-0.25, -0.2) is 4.99 Å². The van der Waals surface area contributed by atoms with Crippen molar-refractivity contribution in [2.24, 2.45) is 10.7 Å². The third-order valence-corrected chi connectivity index (χ3v) is 2.75. The van der Waals surface area contributed by atoms with Crippen LogP contribution in [0.2, 0.25) is 0 Å². The lowest BCUT2D eigenvalue weighted by Crippen LogP contribution is -2.33. The van der Waals surface area contributed by atoms with Crippen LogP contribution in [0.4, 0.5) is 0 Å². The van der Waals surface area contributed by atoms with Crippen molar-refractivity contribution in [3.05, 3.63) is 24.3 Å². The summed E-state index contributed by atoms with van der Waals surface area (Å²) in [5, 5.41) is 3.07. The smallest absolute Gasteiger partial charge is 0.188 e. The number of ether oxygens (including phenoxy) is 2. The van der Waals surface area contributed by atoms with Crippen LogP contribution in [0, 0.1) is 0 Å². The number of rotatable bonds is 8. The monoisotopic (exact) mass is 407 g/mol. The molecule has 0 saturated carbocycles. The van der Waals surface area contributed by atoms with Gasteiger partial charge in [0, 0.05) is 6.54 Å². The van der Waals surface area contributed by atoms with E-state index in [9.17, 15) is 0 Å². The zero-order valence-electron chi connectivity index (χ0n) is 13.0. The van der Waals surface area contributed by atoms with Crippen LogP contribution in [0.15, 0.2) is 29.3 Å². The van der Waals surface area contributed by atoms with E-state index in [0.717, 1.165) is 30.9 Å². The first-order valence-corrected chi connectivity index (χ1v) is 7.00. The second-order valence-corrected chi connectivity index (χ2v) is 4.59. The molecule has 0 spiro atoms. The molecule has 120 valence electrons. The molecule has 1 aromatic carbocycles. The second-order valence-electron chi connectivity index (χ2n) is 4.59. The molecule has 0 aromatic heterocycles. The summed E-state index contributed by atoms with van der Waals surface area (Å²) in [6, 6.07) is 7.56. The SMILES string of the molecule is CCCCNC(N)=NCC(C)Oc1ccccc1OC.I. The van der Waals surface area contributed by atoms with Crippen molar-refractivity contribution in [2.45, 2.75) is 32.8 Å². The fraction of sp³-hybridized carbons (Fsp3) is 0.533. The van der Waals surface area contributed by atoms with E-state index in [4.69, 9.17) is 15.2 Å². The molecular formula is C15H26IN3O2. The minimum absolute atomic E-state index is 0. The number of nitrogens with two attached hydrogens (primary N) is 1. The number of nitrogens with one attached hydrogen (secondary N) is 1. The van der Waals surface area contributed by atoms with Crippen molar-refractivity contribution in [1.29, 1.82) is 0 Å². The van der Waals surface area contributed by atoms with Crippen molar-refractivity contribution in [2.75, 3.05) is 20.2 Å². The van der Waals surface area contributed by atoms with Gasteiger partial charge in [-0.3, -0.25) is 0 Å². The van der Waals surface area contributed by atoms with Crippen LogP contribution in [0.1, 0.15) is 26.7 Å². The Morgan fingerprint density at radius 3 is 2.62 bits per heavy atom. The summed E-state index contributed by atoms with van der Waals surface area (Å²) in [5.74, 6) is 1.90. The predicted molar refractivity (Wildman–Crippen MR) is 97.9 cm³/mol. The maximum Gasteiger partial charge on any atom is 0.188 e. The summed E-state index contributed by atoms with van der Waals surface area (Å²) in [6.45, 7) is 5.45.